The predicted octanol–water partition coefficient (Wildman–Crippen LogP) is 6.82. The van der Waals surface area contributed by atoms with Crippen LogP contribution in [0.3, 0.4) is 0 Å². The molecular weight excluding hydrogens is 392 g/mol. The molecule has 152 valence electrons. The van der Waals surface area contributed by atoms with Gasteiger partial charge in [0, 0.05) is 5.56 Å². The van der Waals surface area contributed by atoms with E-state index < -0.39 is 5.37 Å². The summed E-state index contributed by atoms with van der Waals surface area (Å²) in [7, 11) is 0. The largest absolute Gasteiger partial charge is 0.322 e. The quantitative estimate of drug-likeness (QED) is 0.340. The lowest BCUT2D eigenvalue weighted by atomic mass is 9.93. The molecule has 0 aromatic heterocycles. The highest BCUT2D eigenvalue weighted by Crippen LogP contribution is 2.44. The molecule has 0 saturated carbocycles. The van der Waals surface area contributed by atoms with Crippen LogP contribution in [0, 0.1) is 27.7 Å². The lowest BCUT2D eigenvalue weighted by Crippen LogP contribution is -2.34. The second-order valence-electron chi connectivity index (χ2n) is 8.04. The molecule has 1 aliphatic heterocycles. The van der Waals surface area contributed by atoms with Gasteiger partial charge in [0.1, 0.15) is 11.9 Å². The van der Waals surface area contributed by atoms with Crippen LogP contribution in [0.4, 0.5) is 4.79 Å². The van der Waals surface area contributed by atoms with Gasteiger partial charge in [0.2, 0.25) is 0 Å². The van der Waals surface area contributed by atoms with Crippen molar-refractivity contribution in [1.82, 2.24) is 4.90 Å². The zero-order valence-electron chi connectivity index (χ0n) is 17.7. The SMILES string of the molecule is Cc1ccc([C@H]2N=C(c3cc(C)c(C)cc3C)N(C(=O)Cl)[C@H]2c2ccccc2)cc1. The van der Waals surface area contributed by atoms with Gasteiger partial charge in [-0.3, -0.25) is 14.7 Å². The lowest BCUT2D eigenvalue weighted by Gasteiger charge is -2.28. The van der Waals surface area contributed by atoms with E-state index in [4.69, 9.17) is 16.6 Å². The van der Waals surface area contributed by atoms with E-state index in [9.17, 15) is 4.79 Å². The molecule has 30 heavy (non-hydrogen) atoms. The molecule has 0 fully saturated rings. The Hall–Kier alpha value is -2.91. The minimum Gasteiger partial charge on any atom is -0.273 e. The zero-order chi connectivity index (χ0) is 21.4. The number of carbonyl (C=O) groups is 1. The third kappa shape index (κ3) is 3.66. The molecule has 2 atom stereocenters. The normalized spacial score (nSPS) is 18.4. The number of hydrogen-bond donors (Lipinski definition) is 0. The van der Waals surface area contributed by atoms with Crippen LogP contribution in [0.25, 0.3) is 0 Å². The molecule has 1 aliphatic rings. The molecule has 0 saturated heterocycles. The number of amidine groups is 1. The first-order valence-electron chi connectivity index (χ1n) is 10.1. The number of hydrogen-bond acceptors (Lipinski definition) is 2. The maximum absolute atomic E-state index is 12.7. The number of amides is 1. The first-order chi connectivity index (χ1) is 14.4. The van der Waals surface area contributed by atoms with Crippen molar-refractivity contribution in [2.45, 2.75) is 39.8 Å². The van der Waals surface area contributed by atoms with E-state index in [1.54, 1.807) is 4.90 Å². The number of halogens is 1. The second kappa shape index (κ2) is 8.08. The Labute approximate surface area is 183 Å². The van der Waals surface area contributed by atoms with Crippen molar-refractivity contribution in [3.63, 3.8) is 0 Å². The van der Waals surface area contributed by atoms with Gasteiger partial charge in [-0.1, -0.05) is 66.2 Å². The molecule has 0 aliphatic carbocycles. The van der Waals surface area contributed by atoms with Gasteiger partial charge in [0.15, 0.2) is 0 Å². The first-order valence-corrected chi connectivity index (χ1v) is 10.5. The summed E-state index contributed by atoms with van der Waals surface area (Å²) in [5.74, 6) is 0.634. The van der Waals surface area contributed by atoms with Crippen LogP contribution in [0.2, 0.25) is 0 Å². The van der Waals surface area contributed by atoms with Crippen molar-refractivity contribution in [3.8, 4) is 0 Å². The van der Waals surface area contributed by atoms with E-state index in [1.807, 2.05) is 30.3 Å². The number of nitrogens with zero attached hydrogens (tertiary/aromatic N) is 2. The average molecular weight is 417 g/mol. The van der Waals surface area contributed by atoms with Crippen LogP contribution >= 0.6 is 11.6 Å². The Morgan fingerprint density at radius 2 is 1.47 bits per heavy atom. The lowest BCUT2D eigenvalue weighted by molar-refractivity contribution is 0.231. The van der Waals surface area contributed by atoms with E-state index in [0.717, 1.165) is 27.8 Å². The zero-order valence-corrected chi connectivity index (χ0v) is 18.4. The summed E-state index contributed by atoms with van der Waals surface area (Å²) in [6.07, 6.45) is 0. The molecule has 1 heterocycles. The van der Waals surface area contributed by atoms with E-state index >= 15 is 0 Å². The van der Waals surface area contributed by atoms with Crippen LogP contribution in [-0.4, -0.2) is 16.1 Å². The van der Waals surface area contributed by atoms with Gasteiger partial charge in [-0.2, -0.15) is 0 Å². The van der Waals surface area contributed by atoms with Crippen molar-refractivity contribution in [3.05, 3.63) is 106 Å². The molecule has 3 aromatic carbocycles. The van der Waals surface area contributed by atoms with E-state index in [-0.39, 0.29) is 12.1 Å². The summed E-state index contributed by atoms with van der Waals surface area (Å²) in [5, 5.41) is -0.519. The number of benzene rings is 3. The molecular formula is C26H25ClN2O. The summed E-state index contributed by atoms with van der Waals surface area (Å²) in [5.41, 5.74) is 7.67. The summed E-state index contributed by atoms with van der Waals surface area (Å²) in [4.78, 5) is 19.5. The van der Waals surface area contributed by atoms with Crippen molar-refractivity contribution >= 4 is 22.8 Å². The fourth-order valence-electron chi connectivity index (χ4n) is 4.13. The molecule has 0 N–H and O–H groups in total. The highest BCUT2D eigenvalue weighted by molar-refractivity contribution is 6.64. The van der Waals surface area contributed by atoms with Crippen molar-refractivity contribution < 1.29 is 4.79 Å². The third-order valence-corrected chi connectivity index (χ3v) is 6.08. The van der Waals surface area contributed by atoms with Gasteiger partial charge in [0.25, 0.3) is 0 Å². The van der Waals surface area contributed by atoms with Crippen molar-refractivity contribution in [2.24, 2.45) is 4.99 Å². The molecule has 3 aromatic rings. The minimum absolute atomic E-state index is 0.230. The Bertz CT molecular complexity index is 1120. The van der Waals surface area contributed by atoms with Crippen LogP contribution < -0.4 is 0 Å². The highest BCUT2D eigenvalue weighted by Gasteiger charge is 2.42. The van der Waals surface area contributed by atoms with Crippen LogP contribution in [-0.2, 0) is 0 Å². The second-order valence-corrected chi connectivity index (χ2v) is 8.36. The fourth-order valence-corrected chi connectivity index (χ4v) is 4.32. The smallest absolute Gasteiger partial charge is 0.273 e. The standard InChI is InChI=1S/C26H25ClN2O/c1-16-10-12-20(13-11-16)23-24(21-8-6-5-7-9-21)29(26(27)30)25(28-23)22-15-18(3)17(2)14-19(22)4/h5-15,23-24H,1-4H3/t23-,24+/m1/s1. The first kappa shape index (κ1) is 20.4. The van der Waals surface area contributed by atoms with Gasteiger partial charge in [-0.15, -0.1) is 0 Å². The molecule has 0 bridgehead atoms. The maximum atomic E-state index is 12.7. The molecule has 0 radical (unpaired) electrons. The van der Waals surface area contributed by atoms with Gasteiger partial charge in [-0.05, 0) is 73.2 Å². The minimum atomic E-state index is -0.519. The fraction of sp³-hybridized carbons (Fsp3) is 0.231. The summed E-state index contributed by atoms with van der Waals surface area (Å²) in [6.45, 7) is 8.29. The third-order valence-electron chi connectivity index (χ3n) is 5.90. The molecule has 4 heteroatoms. The van der Waals surface area contributed by atoms with E-state index in [0.29, 0.717) is 5.84 Å². The Morgan fingerprint density at radius 1 is 0.833 bits per heavy atom. The number of carbonyl (C=O) groups excluding carboxylic acids is 1. The average Bonchev–Trinajstić information content (AvgIpc) is 3.12. The molecule has 0 unspecified atom stereocenters. The van der Waals surface area contributed by atoms with Gasteiger partial charge in [-0.25, -0.2) is 0 Å². The molecule has 3 nitrogen and oxygen atoms in total. The van der Waals surface area contributed by atoms with E-state index in [2.05, 4.69) is 64.1 Å². The summed E-state index contributed by atoms with van der Waals surface area (Å²) >= 11 is 6.18. The maximum Gasteiger partial charge on any atom is 0.322 e. The number of aryl methyl sites for hydroxylation is 4. The van der Waals surface area contributed by atoms with Gasteiger partial charge >= 0.3 is 5.37 Å². The molecule has 0 spiro atoms. The summed E-state index contributed by atoms with van der Waals surface area (Å²) in [6, 6.07) is 22.1. The predicted molar refractivity (Wildman–Crippen MR) is 123 cm³/mol. The van der Waals surface area contributed by atoms with Crippen molar-refractivity contribution in [2.75, 3.05) is 0 Å². The Kier molecular flexibility index (Phi) is 5.48. The summed E-state index contributed by atoms with van der Waals surface area (Å²) < 4.78 is 0. The monoisotopic (exact) mass is 416 g/mol. The Morgan fingerprint density at radius 3 is 2.10 bits per heavy atom. The number of rotatable bonds is 3. The van der Waals surface area contributed by atoms with Crippen LogP contribution in [0.5, 0.6) is 0 Å². The van der Waals surface area contributed by atoms with Crippen molar-refractivity contribution in [1.29, 1.82) is 0 Å². The van der Waals surface area contributed by atoms with Crippen LogP contribution in [0.1, 0.15) is 51.0 Å². The highest BCUT2D eigenvalue weighted by atomic mass is 35.5. The van der Waals surface area contributed by atoms with Gasteiger partial charge < -0.3 is 0 Å². The molecule has 4 rings (SSSR count). The topological polar surface area (TPSA) is 32.7 Å². The van der Waals surface area contributed by atoms with Gasteiger partial charge in [0.05, 0.1) is 6.04 Å². The molecule has 1 amide bonds. The Balaban J connectivity index is 1.92. The van der Waals surface area contributed by atoms with Crippen LogP contribution in [0.15, 0.2) is 71.7 Å². The van der Waals surface area contributed by atoms with E-state index in [1.165, 1.54) is 11.1 Å². The number of aliphatic imine (C=N–C) groups is 1.